The summed E-state index contributed by atoms with van der Waals surface area (Å²) in [4.78, 5) is 24.9. The zero-order valence-electron chi connectivity index (χ0n) is 13.2. The highest BCUT2D eigenvalue weighted by molar-refractivity contribution is 5.77. The Balaban J connectivity index is 2.33. The highest BCUT2D eigenvalue weighted by atomic mass is 16.5. The molecule has 21 heavy (non-hydrogen) atoms. The fraction of sp³-hybridized carbons (Fsp3) is 0.529. The van der Waals surface area contributed by atoms with Gasteiger partial charge < -0.3 is 9.64 Å². The molecule has 0 aliphatic heterocycles. The van der Waals surface area contributed by atoms with E-state index in [-0.39, 0.29) is 18.3 Å². The number of benzene rings is 1. The van der Waals surface area contributed by atoms with Crippen LogP contribution in [0.5, 0.6) is 0 Å². The Morgan fingerprint density at radius 1 is 1.14 bits per heavy atom. The molecule has 4 nitrogen and oxygen atoms in total. The predicted octanol–water partition coefficient (Wildman–Crippen LogP) is 2.73. The number of nitrogens with zero attached hydrogens (tertiary/aromatic N) is 1. The summed E-state index contributed by atoms with van der Waals surface area (Å²) in [7, 11) is 1.36. The lowest BCUT2D eigenvalue weighted by molar-refractivity contribution is -0.141. The lowest BCUT2D eigenvalue weighted by Gasteiger charge is -2.20. The molecule has 0 aromatic heterocycles. The van der Waals surface area contributed by atoms with Crippen molar-refractivity contribution in [3.63, 3.8) is 0 Å². The molecule has 0 aliphatic rings. The first-order chi connectivity index (χ1) is 10.1. The molecule has 1 rings (SSSR count). The predicted molar refractivity (Wildman–Crippen MR) is 83.0 cm³/mol. The first-order valence-electron chi connectivity index (χ1n) is 7.47. The molecule has 0 aliphatic carbocycles. The molecular weight excluding hydrogens is 266 g/mol. The molecule has 4 heteroatoms. The van der Waals surface area contributed by atoms with Gasteiger partial charge in [-0.1, -0.05) is 29.8 Å². The smallest absolute Gasteiger partial charge is 0.307 e. The number of aryl methyl sites for hydroxylation is 2. The van der Waals surface area contributed by atoms with Crippen LogP contribution in [-0.4, -0.2) is 37.0 Å². The van der Waals surface area contributed by atoms with Crippen LogP contribution in [0.4, 0.5) is 0 Å². The molecule has 0 saturated carbocycles. The van der Waals surface area contributed by atoms with E-state index in [0.29, 0.717) is 19.5 Å². The van der Waals surface area contributed by atoms with Gasteiger partial charge in [0.25, 0.3) is 0 Å². The van der Waals surface area contributed by atoms with Gasteiger partial charge in [-0.25, -0.2) is 0 Å². The topological polar surface area (TPSA) is 46.6 Å². The monoisotopic (exact) mass is 291 g/mol. The zero-order chi connectivity index (χ0) is 15.7. The standard InChI is InChI=1S/C17H25NO3/c1-4-18(13-12-17(20)21-3)16(19)7-5-6-15-10-8-14(2)9-11-15/h8-11H,4-7,12-13H2,1-3H3. The number of rotatable bonds is 8. The van der Waals surface area contributed by atoms with E-state index in [1.165, 1.54) is 18.2 Å². The van der Waals surface area contributed by atoms with Crippen molar-refractivity contribution in [1.29, 1.82) is 0 Å². The fourth-order valence-electron chi connectivity index (χ4n) is 2.14. The van der Waals surface area contributed by atoms with E-state index in [1.54, 1.807) is 4.90 Å². The van der Waals surface area contributed by atoms with Crippen molar-refractivity contribution in [3.05, 3.63) is 35.4 Å². The molecule has 0 radical (unpaired) electrons. The van der Waals surface area contributed by atoms with Crippen LogP contribution < -0.4 is 0 Å². The Hall–Kier alpha value is -1.84. The van der Waals surface area contributed by atoms with Crippen LogP contribution >= 0.6 is 0 Å². The summed E-state index contributed by atoms with van der Waals surface area (Å²) in [6, 6.07) is 8.39. The van der Waals surface area contributed by atoms with Gasteiger partial charge in [-0.15, -0.1) is 0 Å². The molecule has 0 bridgehead atoms. The summed E-state index contributed by atoms with van der Waals surface area (Å²) in [5.41, 5.74) is 2.50. The highest BCUT2D eigenvalue weighted by Crippen LogP contribution is 2.08. The quantitative estimate of drug-likeness (QED) is 0.692. The molecule has 0 heterocycles. The van der Waals surface area contributed by atoms with E-state index < -0.39 is 0 Å². The van der Waals surface area contributed by atoms with Gasteiger partial charge in [0.1, 0.15) is 0 Å². The average Bonchev–Trinajstić information content (AvgIpc) is 2.49. The number of amides is 1. The summed E-state index contributed by atoms with van der Waals surface area (Å²) in [6.07, 6.45) is 2.51. The number of carbonyl (C=O) groups excluding carboxylic acids is 2. The van der Waals surface area contributed by atoms with E-state index >= 15 is 0 Å². The van der Waals surface area contributed by atoms with Crippen molar-refractivity contribution >= 4 is 11.9 Å². The highest BCUT2D eigenvalue weighted by Gasteiger charge is 2.13. The van der Waals surface area contributed by atoms with Crippen molar-refractivity contribution < 1.29 is 14.3 Å². The molecule has 1 aromatic rings. The van der Waals surface area contributed by atoms with Gasteiger partial charge in [-0.2, -0.15) is 0 Å². The molecule has 0 atom stereocenters. The maximum atomic E-state index is 12.1. The first kappa shape index (κ1) is 17.2. The third kappa shape index (κ3) is 6.43. The number of carbonyl (C=O) groups is 2. The molecule has 116 valence electrons. The second-order valence-electron chi connectivity index (χ2n) is 5.14. The molecule has 0 fully saturated rings. The van der Waals surface area contributed by atoms with Gasteiger partial charge in [0, 0.05) is 19.5 Å². The van der Waals surface area contributed by atoms with Gasteiger partial charge in [-0.3, -0.25) is 9.59 Å². The molecule has 0 spiro atoms. The number of hydrogen-bond donors (Lipinski definition) is 0. The lowest BCUT2D eigenvalue weighted by atomic mass is 10.1. The zero-order valence-corrected chi connectivity index (χ0v) is 13.2. The van der Waals surface area contributed by atoms with Crippen LogP contribution in [0.3, 0.4) is 0 Å². The number of hydrogen-bond acceptors (Lipinski definition) is 3. The number of ether oxygens (including phenoxy) is 1. The average molecular weight is 291 g/mol. The summed E-state index contributed by atoms with van der Waals surface area (Å²) in [5.74, 6) is -0.172. The van der Waals surface area contributed by atoms with Crippen LogP contribution in [0.25, 0.3) is 0 Å². The SMILES string of the molecule is CCN(CCC(=O)OC)C(=O)CCCc1ccc(C)cc1. The number of methoxy groups -OCH3 is 1. The van der Waals surface area contributed by atoms with E-state index in [9.17, 15) is 9.59 Å². The fourth-order valence-corrected chi connectivity index (χ4v) is 2.14. The Bertz CT molecular complexity index is 454. The normalized spacial score (nSPS) is 10.2. The van der Waals surface area contributed by atoms with Crippen molar-refractivity contribution in [3.8, 4) is 0 Å². The molecule has 1 aromatic carbocycles. The van der Waals surface area contributed by atoms with Crippen molar-refractivity contribution in [1.82, 2.24) is 4.90 Å². The Morgan fingerprint density at radius 2 is 1.81 bits per heavy atom. The van der Waals surface area contributed by atoms with Gasteiger partial charge >= 0.3 is 5.97 Å². The summed E-state index contributed by atoms with van der Waals surface area (Å²) in [5, 5.41) is 0. The second-order valence-corrected chi connectivity index (χ2v) is 5.14. The third-order valence-electron chi connectivity index (χ3n) is 3.52. The van der Waals surface area contributed by atoms with E-state index in [0.717, 1.165) is 12.8 Å². The van der Waals surface area contributed by atoms with E-state index in [1.807, 2.05) is 6.92 Å². The molecule has 0 N–H and O–H groups in total. The van der Waals surface area contributed by atoms with Crippen LogP contribution in [0.15, 0.2) is 24.3 Å². The summed E-state index contributed by atoms with van der Waals surface area (Å²) in [6.45, 7) is 5.05. The van der Waals surface area contributed by atoms with Gasteiger partial charge in [0.05, 0.1) is 13.5 Å². The van der Waals surface area contributed by atoms with Crippen molar-refractivity contribution in [2.75, 3.05) is 20.2 Å². The van der Waals surface area contributed by atoms with E-state index in [4.69, 9.17) is 0 Å². The maximum Gasteiger partial charge on any atom is 0.307 e. The largest absolute Gasteiger partial charge is 0.469 e. The maximum absolute atomic E-state index is 12.1. The second kappa shape index (κ2) is 9.16. The van der Waals surface area contributed by atoms with Crippen LogP contribution in [0.1, 0.15) is 37.3 Å². The third-order valence-corrected chi connectivity index (χ3v) is 3.52. The summed E-state index contributed by atoms with van der Waals surface area (Å²) >= 11 is 0. The summed E-state index contributed by atoms with van der Waals surface area (Å²) < 4.78 is 4.60. The Kier molecular flexibility index (Phi) is 7.51. The van der Waals surface area contributed by atoms with Gasteiger partial charge in [0.2, 0.25) is 5.91 Å². The van der Waals surface area contributed by atoms with Crippen LogP contribution in [0.2, 0.25) is 0 Å². The minimum Gasteiger partial charge on any atom is -0.469 e. The first-order valence-corrected chi connectivity index (χ1v) is 7.47. The van der Waals surface area contributed by atoms with Crippen LogP contribution in [0, 0.1) is 6.92 Å². The van der Waals surface area contributed by atoms with Crippen molar-refractivity contribution in [2.24, 2.45) is 0 Å². The van der Waals surface area contributed by atoms with Gasteiger partial charge in [-0.05, 0) is 32.3 Å². The Labute approximate surface area is 127 Å². The minimum atomic E-state index is -0.277. The number of esters is 1. The Morgan fingerprint density at radius 3 is 2.38 bits per heavy atom. The van der Waals surface area contributed by atoms with Crippen molar-refractivity contribution in [2.45, 2.75) is 39.5 Å². The lowest BCUT2D eigenvalue weighted by Crippen LogP contribution is -2.32. The van der Waals surface area contributed by atoms with Crippen LogP contribution in [-0.2, 0) is 20.7 Å². The molecule has 1 amide bonds. The minimum absolute atomic E-state index is 0.105. The molecule has 0 unspecified atom stereocenters. The molecule has 0 saturated heterocycles. The molecular formula is C17H25NO3. The van der Waals surface area contributed by atoms with Gasteiger partial charge in [0.15, 0.2) is 0 Å². The van der Waals surface area contributed by atoms with E-state index in [2.05, 4.69) is 35.9 Å².